The van der Waals surface area contributed by atoms with Crippen LogP contribution in [-0.4, -0.2) is 20.4 Å². The first-order valence-corrected chi connectivity index (χ1v) is 14.8. The largest absolute Gasteiger partial charge is 0.508 e. The van der Waals surface area contributed by atoms with Crippen LogP contribution in [0.15, 0.2) is 92.4 Å². The van der Waals surface area contributed by atoms with Gasteiger partial charge in [0.15, 0.2) is 0 Å². The molecule has 0 spiro atoms. The van der Waals surface area contributed by atoms with Crippen molar-refractivity contribution in [3.63, 3.8) is 0 Å². The molecule has 0 amide bonds. The fraction of sp³-hybridized carbons (Fsp3) is 0.294. The van der Waals surface area contributed by atoms with Gasteiger partial charge in [-0.05, 0) is 84.3 Å². The summed E-state index contributed by atoms with van der Waals surface area (Å²) < 4.78 is 0. The molecular weight excluding hydrogens is 537 g/mol. The fourth-order valence-electron chi connectivity index (χ4n) is 4.09. The molecule has 4 N–H and O–H groups in total. The van der Waals surface area contributed by atoms with Gasteiger partial charge in [0.2, 0.25) is 0 Å². The third kappa shape index (κ3) is 7.92. The van der Waals surface area contributed by atoms with Crippen LogP contribution < -0.4 is 0 Å². The molecule has 4 rings (SSSR count). The molecule has 0 saturated heterocycles. The predicted octanol–water partition coefficient (Wildman–Crippen LogP) is 9.71. The van der Waals surface area contributed by atoms with E-state index in [1.165, 1.54) is 11.8 Å². The van der Waals surface area contributed by atoms with Crippen molar-refractivity contribution in [3.05, 3.63) is 95.1 Å². The van der Waals surface area contributed by atoms with Crippen LogP contribution in [0.4, 0.5) is 0 Å². The normalized spacial score (nSPS) is 11.6. The molecule has 212 valence electrons. The van der Waals surface area contributed by atoms with Crippen LogP contribution in [0.3, 0.4) is 0 Å². The molecule has 0 bridgehead atoms. The topological polar surface area (TPSA) is 80.9 Å². The Balaban J connectivity index is 0.000000249. The number of hydrogen-bond acceptors (Lipinski definition) is 6. The first-order valence-electron chi connectivity index (χ1n) is 13.2. The van der Waals surface area contributed by atoms with Crippen molar-refractivity contribution >= 4 is 23.5 Å². The Hall–Kier alpha value is -3.22. The molecule has 0 unspecified atom stereocenters. The molecular formula is C34H40O4S2. The zero-order valence-electron chi connectivity index (χ0n) is 24.5. The van der Waals surface area contributed by atoms with Gasteiger partial charge < -0.3 is 20.4 Å². The van der Waals surface area contributed by atoms with Gasteiger partial charge in [0.05, 0.1) is 9.79 Å². The van der Waals surface area contributed by atoms with E-state index in [9.17, 15) is 20.4 Å². The number of aromatic hydroxyl groups is 4. The van der Waals surface area contributed by atoms with Crippen molar-refractivity contribution in [2.24, 2.45) is 0 Å². The van der Waals surface area contributed by atoms with Gasteiger partial charge in [0, 0.05) is 20.9 Å². The quantitative estimate of drug-likeness (QED) is 0.194. The van der Waals surface area contributed by atoms with Gasteiger partial charge in [-0.15, -0.1) is 0 Å². The molecule has 0 radical (unpaired) electrons. The van der Waals surface area contributed by atoms with Crippen molar-refractivity contribution in [1.29, 1.82) is 0 Å². The average Bonchev–Trinajstić information content (AvgIpc) is 2.84. The summed E-state index contributed by atoms with van der Waals surface area (Å²) in [5, 5.41) is 39.8. The highest BCUT2D eigenvalue weighted by Crippen LogP contribution is 2.42. The molecule has 0 aliphatic rings. The monoisotopic (exact) mass is 576 g/mol. The van der Waals surface area contributed by atoms with Crippen LogP contribution in [0.25, 0.3) is 0 Å². The number of phenolic OH excluding ortho intramolecular Hbond substituents is 4. The Morgan fingerprint density at radius 2 is 0.775 bits per heavy atom. The lowest BCUT2D eigenvalue weighted by Gasteiger charge is -2.24. The number of phenols is 4. The van der Waals surface area contributed by atoms with E-state index in [0.29, 0.717) is 11.5 Å². The molecule has 6 heteroatoms. The van der Waals surface area contributed by atoms with Crippen molar-refractivity contribution in [2.45, 2.75) is 85.8 Å². The first kappa shape index (κ1) is 31.3. The SMILES string of the molecule is Cc1cc(O)c(C(C)(C)C)cc1Sc1cc(C(C)(C)C)c(O)cc1C.Oc1ccccc1Sc1ccccc1O. The van der Waals surface area contributed by atoms with Gasteiger partial charge in [0.25, 0.3) is 0 Å². The second-order valence-electron chi connectivity index (χ2n) is 11.9. The summed E-state index contributed by atoms with van der Waals surface area (Å²) >= 11 is 3.04. The Morgan fingerprint density at radius 3 is 1.10 bits per heavy atom. The Kier molecular flexibility index (Phi) is 9.81. The minimum Gasteiger partial charge on any atom is -0.508 e. The maximum atomic E-state index is 10.3. The summed E-state index contributed by atoms with van der Waals surface area (Å²) in [6.45, 7) is 16.7. The van der Waals surface area contributed by atoms with Gasteiger partial charge in [-0.3, -0.25) is 0 Å². The minimum absolute atomic E-state index is 0.117. The molecule has 0 aliphatic carbocycles. The molecule has 0 fully saturated rings. The maximum Gasteiger partial charge on any atom is 0.129 e. The van der Waals surface area contributed by atoms with Crippen molar-refractivity contribution in [3.8, 4) is 23.0 Å². The van der Waals surface area contributed by atoms with E-state index in [1.54, 1.807) is 36.0 Å². The molecule has 0 aliphatic heterocycles. The molecule has 0 heterocycles. The third-order valence-corrected chi connectivity index (χ3v) is 8.82. The van der Waals surface area contributed by atoms with Gasteiger partial charge in [-0.25, -0.2) is 0 Å². The highest BCUT2D eigenvalue weighted by molar-refractivity contribution is 7.99. The molecule has 4 nitrogen and oxygen atoms in total. The number of para-hydroxylation sites is 2. The smallest absolute Gasteiger partial charge is 0.129 e. The van der Waals surface area contributed by atoms with Gasteiger partial charge in [0.1, 0.15) is 23.0 Å². The van der Waals surface area contributed by atoms with Crippen molar-refractivity contribution in [2.75, 3.05) is 0 Å². The van der Waals surface area contributed by atoms with Crippen LogP contribution in [0.5, 0.6) is 23.0 Å². The third-order valence-electron chi connectivity index (χ3n) is 6.37. The lowest BCUT2D eigenvalue weighted by Crippen LogP contribution is -2.12. The summed E-state index contributed by atoms with van der Waals surface area (Å²) in [4.78, 5) is 3.74. The zero-order valence-corrected chi connectivity index (χ0v) is 26.2. The van der Waals surface area contributed by atoms with E-state index in [-0.39, 0.29) is 22.3 Å². The van der Waals surface area contributed by atoms with Gasteiger partial charge >= 0.3 is 0 Å². The second kappa shape index (κ2) is 12.5. The van der Waals surface area contributed by atoms with E-state index in [2.05, 4.69) is 53.7 Å². The summed E-state index contributed by atoms with van der Waals surface area (Å²) in [5.74, 6) is 1.16. The Morgan fingerprint density at radius 1 is 0.450 bits per heavy atom. The van der Waals surface area contributed by atoms with E-state index < -0.39 is 0 Å². The number of aryl methyl sites for hydroxylation is 2. The maximum absolute atomic E-state index is 10.3. The molecule has 4 aromatic rings. The molecule has 0 atom stereocenters. The van der Waals surface area contributed by atoms with Crippen molar-refractivity contribution < 1.29 is 20.4 Å². The van der Waals surface area contributed by atoms with Crippen LogP contribution in [0.1, 0.15) is 63.8 Å². The summed E-state index contributed by atoms with van der Waals surface area (Å²) in [6, 6.07) is 22.0. The van der Waals surface area contributed by atoms with Crippen LogP contribution in [-0.2, 0) is 10.8 Å². The Bertz CT molecular complexity index is 1370. The first-order chi connectivity index (χ1) is 18.6. The standard InChI is InChI=1S/C22H30O2S.C12H10O2S/c1-13-9-17(23)15(21(3,4)5)11-19(13)25-20-12-16(22(6,7)8)18(24)10-14(20)2;13-9-5-1-3-7-11(9)15-12-8-4-2-6-10(12)14/h9-12,23-24H,1-8H3;1-8,13-14H. The van der Waals surface area contributed by atoms with Gasteiger partial charge in [-0.1, -0.05) is 89.3 Å². The average molecular weight is 577 g/mol. The Labute approximate surface area is 247 Å². The summed E-state index contributed by atoms with van der Waals surface area (Å²) in [5.41, 5.74) is 3.78. The summed E-state index contributed by atoms with van der Waals surface area (Å²) in [6.07, 6.45) is 0. The van der Waals surface area contributed by atoms with Crippen LogP contribution in [0, 0.1) is 13.8 Å². The van der Waals surface area contributed by atoms with Crippen LogP contribution >= 0.6 is 23.5 Å². The molecule has 40 heavy (non-hydrogen) atoms. The van der Waals surface area contributed by atoms with Crippen molar-refractivity contribution in [1.82, 2.24) is 0 Å². The lowest BCUT2D eigenvalue weighted by molar-refractivity contribution is 0.444. The second-order valence-corrected chi connectivity index (χ2v) is 14.1. The lowest BCUT2D eigenvalue weighted by atomic mass is 9.86. The van der Waals surface area contributed by atoms with E-state index in [0.717, 1.165) is 41.8 Å². The van der Waals surface area contributed by atoms with E-state index in [4.69, 9.17) is 0 Å². The van der Waals surface area contributed by atoms with E-state index >= 15 is 0 Å². The number of benzene rings is 4. The highest BCUT2D eigenvalue weighted by atomic mass is 32.2. The van der Waals surface area contributed by atoms with Gasteiger partial charge in [-0.2, -0.15) is 0 Å². The molecule has 0 aromatic heterocycles. The molecule has 4 aromatic carbocycles. The molecule has 0 saturated carbocycles. The number of hydrogen-bond donors (Lipinski definition) is 4. The number of rotatable bonds is 4. The predicted molar refractivity (Wildman–Crippen MR) is 168 cm³/mol. The minimum atomic E-state index is -0.117. The zero-order chi connectivity index (χ0) is 29.8. The summed E-state index contributed by atoms with van der Waals surface area (Å²) in [7, 11) is 0. The van der Waals surface area contributed by atoms with Crippen LogP contribution in [0.2, 0.25) is 0 Å². The highest BCUT2D eigenvalue weighted by Gasteiger charge is 2.22. The fourth-order valence-corrected chi connectivity index (χ4v) is 6.00. The van der Waals surface area contributed by atoms with E-state index in [1.807, 2.05) is 50.2 Å².